The van der Waals surface area contributed by atoms with Gasteiger partial charge >= 0.3 is 0 Å². The van der Waals surface area contributed by atoms with E-state index in [0.717, 1.165) is 0 Å². The lowest BCUT2D eigenvalue weighted by Gasteiger charge is -2.09. The fraction of sp³-hybridized carbons (Fsp3) is 0.333. The van der Waals surface area contributed by atoms with E-state index in [1.54, 1.807) is 13.2 Å². The molecule has 0 saturated heterocycles. The molecule has 0 amide bonds. The van der Waals surface area contributed by atoms with Gasteiger partial charge in [-0.2, -0.15) is 0 Å². The minimum atomic E-state index is -0.459. The van der Waals surface area contributed by atoms with Gasteiger partial charge in [-0.05, 0) is 28.1 Å². The Kier molecular flexibility index (Phi) is 5.30. The van der Waals surface area contributed by atoms with Crippen LogP contribution in [0.15, 0.2) is 16.6 Å². The molecule has 0 heterocycles. The van der Waals surface area contributed by atoms with Crippen LogP contribution in [-0.4, -0.2) is 20.3 Å². The highest BCUT2D eigenvalue weighted by molar-refractivity contribution is 9.10. The molecular weight excluding hydrogens is 275 g/mol. The van der Waals surface area contributed by atoms with Crippen LogP contribution in [0.3, 0.4) is 0 Å². The van der Waals surface area contributed by atoms with E-state index in [4.69, 9.17) is 15.9 Å². The normalized spacial score (nSPS) is 9.88. The molecule has 1 rings (SSSR count). The Hall–Kier alpha value is -1.05. The van der Waals surface area contributed by atoms with Crippen molar-refractivity contribution in [1.82, 2.24) is 0 Å². The molecule has 0 aliphatic heterocycles. The molecule has 0 aliphatic carbocycles. The molecule has 16 heavy (non-hydrogen) atoms. The van der Waals surface area contributed by atoms with Gasteiger partial charge in [0, 0.05) is 25.7 Å². The van der Waals surface area contributed by atoms with Gasteiger partial charge in [0.25, 0.3) is 0 Å². The Labute approximate surface area is 103 Å². The van der Waals surface area contributed by atoms with Crippen LogP contribution < -0.4 is 4.74 Å². The van der Waals surface area contributed by atoms with E-state index in [2.05, 4.69) is 21.9 Å². The molecule has 1 aromatic rings. The Morgan fingerprint density at radius 2 is 2.19 bits per heavy atom. The number of methoxy groups -OCH3 is 1. The van der Waals surface area contributed by atoms with Gasteiger partial charge in [-0.15, -0.1) is 6.42 Å². The van der Waals surface area contributed by atoms with E-state index in [1.165, 1.54) is 6.07 Å². The van der Waals surface area contributed by atoms with Crippen LogP contribution in [0.2, 0.25) is 0 Å². The van der Waals surface area contributed by atoms with E-state index >= 15 is 0 Å². The smallest absolute Gasteiger partial charge is 0.169 e. The highest BCUT2D eigenvalue weighted by Crippen LogP contribution is 2.29. The minimum Gasteiger partial charge on any atom is -0.489 e. The van der Waals surface area contributed by atoms with Crippen LogP contribution in [0.5, 0.6) is 5.75 Å². The summed E-state index contributed by atoms with van der Waals surface area (Å²) < 4.78 is 24.2. The van der Waals surface area contributed by atoms with Gasteiger partial charge in [-0.25, -0.2) is 4.39 Å². The lowest BCUT2D eigenvalue weighted by Crippen LogP contribution is -2.03. The topological polar surface area (TPSA) is 18.5 Å². The summed E-state index contributed by atoms with van der Waals surface area (Å²) >= 11 is 3.22. The summed E-state index contributed by atoms with van der Waals surface area (Å²) in [4.78, 5) is 0. The number of hydrogen-bond acceptors (Lipinski definition) is 2. The second-order valence-corrected chi connectivity index (χ2v) is 3.96. The van der Waals surface area contributed by atoms with Crippen molar-refractivity contribution in [3.05, 3.63) is 28.0 Å². The summed E-state index contributed by atoms with van der Waals surface area (Å²) in [6, 6.07) is 2.92. The van der Waals surface area contributed by atoms with Crippen molar-refractivity contribution < 1.29 is 13.9 Å². The van der Waals surface area contributed by atoms with Gasteiger partial charge in [0.05, 0.1) is 11.1 Å². The van der Waals surface area contributed by atoms with Crippen LogP contribution >= 0.6 is 15.9 Å². The van der Waals surface area contributed by atoms with Crippen LogP contribution in [0, 0.1) is 18.2 Å². The molecule has 2 nitrogen and oxygen atoms in total. The molecule has 0 atom stereocenters. The number of rotatable bonds is 5. The third-order valence-electron chi connectivity index (χ3n) is 1.90. The van der Waals surface area contributed by atoms with Crippen molar-refractivity contribution in [2.75, 3.05) is 20.3 Å². The van der Waals surface area contributed by atoms with Crippen LogP contribution in [0.4, 0.5) is 4.39 Å². The summed E-state index contributed by atoms with van der Waals surface area (Å²) in [5.74, 6) is 2.10. The lowest BCUT2D eigenvalue weighted by atomic mass is 10.2. The SMILES string of the molecule is C#Cc1cc(F)c(OCCCOC)c(Br)c1. The maximum Gasteiger partial charge on any atom is 0.169 e. The Morgan fingerprint density at radius 1 is 1.44 bits per heavy atom. The standard InChI is InChI=1S/C12H12BrFO2/c1-3-9-7-10(13)12(11(14)8-9)16-6-4-5-15-2/h1,7-8H,4-6H2,2H3. The van der Waals surface area contributed by atoms with Crippen molar-refractivity contribution in [2.45, 2.75) is 6.42 Å². The molecule has 0 spiro atoms. The van der Waals surface area contributed by atoms with E-state index in [1.807, 2.05) is 0 Å². The molecule has 0 bridgehead atoms. The average Bonchev–Trinajstić information content (AvgIpc) is 2.26. The van der Waals surface area contributed by atoms with Gasteiger partial charge < -0.3 is 9.47 Å². The first-order chi connectivity index (χ1) is 7.69. The molecule has 0 aromatic heterocycles. The second kappa shape index (κ2) is 6.51. The second-order valence-electron chi connectivity index (χ2n) is 3.11. The molecule has 4 heteroatoms. The zero-order valence-electron chi connectivity index (χ0n) is 8.93. The number of terminal acetylenes is 1. The van der Waals surface area contributed by atoms with E-state index < -0.39 is 5.82 Å². The fourth-order valence-electron chi connectivity index (χ4n) is 1.16. The molecule has 1 aromatic carbocycles. The summed E-state index contributed by atoms with van der Waals surface area (Å²) in [6.45, 7) is 0.987. The number of ether oxygens (including phenoxy) is 2. The van der Waals surface area contributed by atoms with Crippen LogP contribution in [0.25, 0.3) is 0 Å². The first-order valence-electron chi connectivity index (χ1n) is 4.76. The maximum atomic E-state index is 13.5. The number of benzene rings is 1. The van der Waals surface area contributed by atoms with Gasteiger partial charge in [-0.1, -0.05) is 5.92 Å². The largest absolute Gasteiger partial charge is 0.489 e. The van der Waals surface area contributed by atoms with Crippen LogP contribution in [0.1, 0.15) is 12.0 Å². The molecule has 0 fully saturated rings. The number of hydrogen-bond donors (Lipinski definition) is 0. The zero-order chi connectivity index (χ0) is 12.0. The van der Waals surface area contributed by atoms with Crippen molar-refractivity contribution in [3.63, 3.8) is 0 Å². The third-order valence-corrected chi connectivity index (χ3v) is 2.49. The summed E-state index contributed by atoms with van der Waals surface area (Å²) in [6.07, 6.45) is 5.89. The predicted molar refractivity (Wildman–Crippen MR) is 64.0 cm³/mol. The van der Waals surface area contributed by atoms with Crippen molar-refractivity contribution >= 4 is 15.9 Å². The summed E-state index contributed by atoms with van der Waals surface area (Å²) in [5, 5.41) is 0. The van der Waals surface area contributed by atoms with Gasteiger partial charge in [-0.3, -0.25) is 0 Å². The molecule has 0 aliphatic rings. The molecular formula is C12H12BrFO2. The first kappa shape index (κ1) is 13.0. The Bertz CT molecular complexity index is 375. The predicted octanol–water partition coefficient (Wildman–Crippen LogP) is 2.98. The van der Waals surface area contributed by atoms with Crippen molar-refractivity contribution in [2.24, 2.45) is 0 Å². The number of halogens is 2. The molecule has 0 unspecified atom stereocenters. The highest BCUT2D eigenvalue weighted by atomic mass is 79.9. The fourth-order valence-corrected chi connectivity index (χ4v) is 1.71. The monoisotopic (exact) mass is 286 g/mol. The van der Waals surface area contributed by atoms with E-state index in [0.29, 0.717) is 29.7 Å². The lowest BCUT2D eigenvalue weighted by molar-refractivity contribution is 0.170. The summed E-state index contributed by atoms with van der Waals surface area (Å²) in [7, 11) is 1.61. The van der Waals surface area contributed by atoms with Gasteiger partial charge in [0.2, 0.25) is 0 Å². The minimum absolute atomic E-state index is 0.190. The summed E-state index contributed by atoms with van der Waals surface area (Å²) in [5.41, 5.74) is 0.480. The van der Waals surface area contributed by atoms with Gasteiger partial charge in [0.1, 0.15) is 0 Å². The third kappa shape index (κ3) is 3.51. The molecule has 0 N–H and O–H groups in total. The maximum absolute atomic E-state index is 13.5. The van der Waals surface area contributed by atoms with Crippen molar-refractivity contribution in [1.29, 1.82) is 0 Å². The highest BCUT2D eigenvalue weighted by Gasteiger charge is 2.09. The zero-order valence-corrected chi connectivity index (χ0v) is 10.5. The Morgan fingerprint density at radius 3 is 2.75 bits per heavy atom. The molecule has 86 valence electrons. The molecule has 0 saturated carbocycles. The quantitative estimate of drug-likeness (QED) is 0.612. The van der Waals surface area contributed by atoms with E-state index in [9.17, 15) is 4.39 Å². The van der Waals surface area contributed by atoms with Crippen molar-refractivity contribution in [3.8, 4) is 18.1 Å². The molecule has 0 radical (unpaired) electrons. The van der Waals surface area contributed by atoms with Gasteiger partial charge in [0.15, 0.2) is 11.6 Å². The average molecular weight is 287 g/mol. The first-order valence-corrected chi connectivity index (χ1v) is 5.55. The Balaban J connectivity index is 2.70. The van der Waals surface area contributed by atoms with E-state index in [-0.39, 0.29) is 5.75 Å². The van der Waals surface area contributed by atoms with Crippen LogP contribution in [-0.2, 0) is 4.74 Å².